The van der Waals surface area contributed by atoms with Crippen molar-refractivity contribution >= 4 is 38.9 Å². The van der Waals surface area contributed by atoms with Gasteiger partial charge in [-0.25, -0.2) is 4.39 Å². The molecule has 1 aromatic heterocycles. The van der Waals surface area contributed by atoms with E-state index in [1.54, 1.807) is 23.5 Å². The van der Waals surface area contributed by atoms with E-state index in [9.17, 15) is 4.39 Å². The fourth-order valence-electron chi connectivity index (χ4n) is 1.98. The molecule has 0 saturated carbocycles. The molecule has 1 N–H and O–H groups in total. The summed E-state index contributed by atoms with van der Waals surface area (Å²) in [6, 6.07) is 6.89. The van der Waals surface area contributed by atoms with Gasteiger partial charge in [-0.15, -0.1) is 11.3 Å². The molecule has 0 aliphatic carbocycles. The van der Waals surface area contributed by atoms with Crippen LogP contribution in [0.1, 0.15) is 23.4 Å². The van der Waals surface area contributed by atoms with E-state index in [1.165, 1.54) is 10.9 Å². The Labute approximate surface area is 129 Å². The van der Waals surface area contributed by atoms with Crippen LogP contribution in [0.3, 0.4) is 0 Å². The summed E-state index contributed by atoms with van der Waals surface area (Å²) >= 11 is 10.9. The molecule has 0 aliphatic rings. The van der Waals surface area contributed by atoms with Crippen LogP contribution in [0.5, 0.6) is 0 Å². The smallest absolute Gasteiger partial charge is 0.129 e. The first-order valence-corrected chi connectivity index (χ1v) is 8.06. The maximum Gasteiger partial charge on any atom is 0.129 e. The molecule has 0 radical (unpaired) electrons. The van der Waals surface area contributed by atoms with Gasteiger partial charge < -0.3 is 5.32 Å². The third kappa shape index (κ3) is 4.02. The summed E-state index contributed by atoms with van der Waals surface area (Å²) in [7, 11) is 0. The van der Waals surface area contributed by atoms with E-state index < -0.39 is 0 Å². The Morgan fingerprint density at radius 3 is 2.79 bits per heavy atom. The van der Waals surface area contributed by atoms with E-state index in [4.69, 9.17) is 11.6 Å². The van der Waals surface area contributed by atoms with Crippen LogP contribution in [0.25, 0.3) is 0 Å². The Morgan fingerprint density at radius 1 is 1.42 bits per heavy atom. The number of hydrogen-bond donors (Lipinski definition) is 1. The first kappa shape index (κ1) is 15.0. The lowest BCUT2D eigenvalue weighted by molar-refractivity contribution is 0.512. The van der Waals surface area contributed by atoms with Crippen molar-refractivity contribution < 1.29 is 4.39 Å². The van der Waals surface area contributed by atoms with Crippen LogP contribution in [0.2, 0.25) is 5.02 Å². The fraction of sp³-hybridized carbons (Fsp3) is 0.286. The quantitative estimate of drug-likeness (QED) is 0.771. The van der Waals surface area contributed by atoms with Crippen molar-refractivity contribution in [3.63, 3.8) is 0 Å². The van der Waals surface area contributed by atoms with E-state index >= 15 is 0 Å². The second-order valence-electron chi connectivity index (χ2n) is 4.21. The molecule has 5 heteroatoms. The number of nitrogens with one attached hydrogen (secondary N) is 1. The van der Waals surface area contributed by atoms with Crippen molar-refractivity contribution in [3.8, 4) is 0 Å². The summed E-state index contributed by atoms with van der Waals surface area (Å²) in [6.45, 7) is 2.81. The zero-order chi connectivity index (χ0) is 13.8. The minimum atomic E-state index is -0.255. The second-order valence-corrected chi connectivity index (χ2v) is 6.56. The second kappa shape index (κ2) is 6.84. The van der Waals surface area contributed by atoms with Gasteiger partial charge in [-0.3, -0.25) is 0 Å². The summed E-state index contributed by atoms with van der Waals surface area (Å²) in [5.74, 6) is -0.255. The van der Waals surface area contributed by atoms with E-state index in [1.807, 2.05) is 12.3 Å². The van der Waals surface area contributed by atoms with Crippen LogP contribution in [0, 0.1) is 5.82 Å². The summed E-state index contributed by atoms with van der Waals surface area (Å²) in [5, 5.41) is 5.79. The summed E-state index contributed by atoms with van der Waals surface area (Å²) < 4.78 is 15.1. The molecule has 1 unspecified atom stereocenters. The predicted molar refractivity (Wildman–Crippen MR) is 83.6 cm³/mol. The van der Waals surface area contributed by atoms with Crippen molar-refractivity contribution in [1.29, 1.82) is 0 Å². The molecule has 0 aliphatic heterocycles. The number of hydrogen-bond acceptors (Lipinski definition) is 2. The van der Waals surface area contributed by atoms with Gasteiger partial charge in [0.25, 0.3) is 0 Å². The molecule has 2 aromatic rings. The van der Waals surface area contributed by atoms with E-state index in [0.717, 1.165) is 17.4 Å². The maximum atomic E-state index is 14.0. The zero-order valence-corrected chi connectivity index (χ0v) is 13.6. The number of halogens is 3. The summed E-state index contributed by atoms with van der Waals surface area (Å²) in [6.07, 6.45) is 0.767. The van der Waals surface area contributed by atoms with Crippen LogP contribution in [0.4, 0.5) is 4.39 Å². The lowest BCUT2D eigenvalue weighted by Gasteiger charge is -2.18. The van der Waals surface area contributed by atoms with Gasteiger partial charge in [0.1, 0.15) is 5.82 Å². The zero-order valence-electron chi connectivity index (χ0n) is 10.4. The van der Waals surface area contributed by atoms with Crippen molar-refractivity contribution in [1.82, 2.24) is 5.32 Å². The van der Waals surface area contributed by atoms with Crippen molar-refractivity contribution in [2.75, 3.05) is 6.54 Å². The average molecular weight is 363 g/mol. The van der Waals surface area contributed by atoms with Gasteiger partial charge in [0.15, 0.2) is 0 Å². The molecule has 0 spiro atoms. The number of thiophene rings is 1. The monoisotopic (exact) mass is 361 g/mol. The lowest BCUT2D eigenvalue weighted by Crippen LogP contribution is -2.23. The van der Waals surface area contributed by atoms with Crippen LogP contribution in [-0.4, -0.2) is 6.54 Å². The van der Waals surface area contributed by atoms with Gasteiger partial charge in [-0.05, 0) is 40.7 Å². The van der Waals surface area contributed by atoms with E-state index in [-0.39, 0.29) is 11.9 Å². The van der Waals surface area contributed by atoms with Crippen molar-refractivity contribution in [2.45, 2.75) is 19.4 Å². The minimum absolute atomic E-state index is 0.0344. The SMILES string of the molecule is CCNC(Cc1cc(Br)cs1)c1ccc(Cl)cc1F. The van der Waals surface area contributed by atoms with Gasteiger partial charge in [-0.2, -0.15) is 0 Å². The predicted octanol–water partition coefficient (Wildman–Crippen LogP) is 5.20. The van der Waals surface area contributed by atoms with Gasteiger partial charge in [0.05, 0.1) is 0 Å². The molecule has 0 bridgehead atoms. The molecule has 0 fully saturated rings. The third-order valence-corrected chi connectivity index (χ3v) is 4.77. The molecule has 1 atom stereocenters. The molecule has 2 rings (SSSR count). The molecule has 0 amide bonds. The molecular weight excluding hydrogens is 349 g/mol. The molecular formula is C14H14BrClFNS. The van der Waals surface area contributed by atoms with Gasteiger partial charge in [0, 0.05) is 37.8 Å². The normalized spacial score (nSPS) is 12.6. The molecule has 1 nitrogen and oxygen atoms in total. The highest BCUT2D eigenvalue weighted by molar-refractivity contribution is 9.10. The Balaban J connectivity index is 2.23. The molecule has 102 valence electrons. The lowest BCUT2D eigenvalue weighted by atomic mass is 10.0. The average Bonchev–Trinajstić information content (AvgIpc) is 2.74. The van der Waals surface area contributed by atoms with E-state index in [0.29, 0.717) is 10.6 Å². The van der Waals surface area contributed by atoms with Crippen LogP contribution >= 0.6 is 38.9 Å². The minimum Gasteiger partial charge on any atom is -0.310 e. The molecule has 19 heavy (non-hydrogen) atoms. The number of benzene rings is 1. The van der Waals surface area contributed by atoms with Gasteiger partial charge >= 0.3 is 0 Å². The fourth-order valence-corrected chi connectivity index (χ4v) is 3.64. The first-order valence-electron chi connectivity index (χ1n) is 6.01. The van der Waals surface area contributed by atoms with Crippen LogP contribution < -0.4 is 5.32 Å². The Bertz CT molecular complexity index is 558. The van der Waals surface area contributed by atoms with Crippen LogP contribution in [-0.2, 0) is 6.42 Å². The van der Waals surface area contributed by atoms with Gasteiger partial charge in [-0.1, -0.05) is 24.6 Å². The van der Waals surface area contributed by atoms with Gasteiger partial charge in [0.2, 0.25) is 0 Å². The first-order chi connectivity index (χ1) is 9.10. The van der Waals surface area contributed by atoms with Crippen molar-refractivity contribution in [2.24, 2.45) is 0 Å². The third-order valence-electron chi connectivity index (χ3n) is 2.82. The molecule has 1 aromatic carbocycles. The highest BCUT2D eigenvalue weighted by Gasteiger charge is 2.16. The molecule has 1 heterocycles. The summed E-state index contributed by atoms with van der Waals surface area (Å²) in [5.41, 5.74) is 0.663. The standard InChI is InChI=1S/C14H14BrClFNS/c1-2-18-14(7-11-5-9(15)8-19-11)12-4-3-10(16)6-13(12)17/h3-6,8,14,18H,2,7H2,1H3. The Kier molecular flexibility index (Phi) is 5.39. The number of likely N-dealkylation sites (N-methyl/N-ethyl adjacent to an activating group) is 1. The highest BCUT2D eigenvalue weighted by Crippen LogP contribution is 2.27. The largest absolute Gasteiger partial charge is 0.310 e. The number of rotatable bonds is 5. The van der Waals surface area contributed by atoms with Crippen LogP contribution in [0.15, 0.2) is 34.1 Å². The highest BCUT2D eigenvalue weighted by atomic mass is 79.9. The van der Waals surface area contributed by atoms with E-state index in [2.05, 4.69) is 27.3 Å². The summed E-state index contributed by atoms with van der Waals surface area (Å²) in [4.78, 5) is 1.21. The molecule has 0 saturated heterocycles. The topological polar surface area (TPSA) is 12.0 Å². The Hall–Kier alpha value is -0.420. The maximum absolute atomic E-state index is 14.0. The Morgan fingerprint density at radius 2 is 2.21 bits per heavy atom. The van der Waals surface area contributed by atoms with Crippen molar-refractivity contribution in [3.05, 3.63) is 55.4 Å².